The van der Waals surface area contributed by atoms with E-state index in [1.54, 1.807) is 33.2 Å². The van der Waals surface area contributed by atoms with Crippen molar-refractivity contribution in [1.82, 2.24) is 15.2 Å². The van der Waals surface area contributed by atoms with Crippen molar-refractivity contribution in [3.8, 4) is 0 Å². The molecule has 1 aromatic heterocycles. The third kappa shape index (κ3) is 4.90. The van der Waals surface area contributed by atoms with E-state index in [1.165, 1.54) is 0 Å². The fraction of sp³-hybridized carbons (Fsp3) is 0.625. The quantitative estimate of drug-likeness (QED) is 0.567. The van der Waals surface area contributed by atoms with Crippen LogP contribution in [-0.4, -0.2) is 41.9 Å². The number of alkyl carbamates (subject to hydrolysis) is 1. The SMILES string of the molecule is C[C@H]1CN(c2ccncc2N)C[C@@H](NC(=O)OC(C)(C)C)[C@H]1N=[N+]=N. The van der Waals surface area contributed by atoms with E-state index in [1.807, 2.05) is 13.0 Å². The molecule has 2 rings (SSSR count). The first-order chi connectivity index (χ1) is 11.7. The average Bonchev–Trinajstić information content (AvgIpc) is 2.49. The van der Waals surface area contributed by atoms with Gasteiger partial charge in [-0.15, -0.1) is 0 Å². The number of piperidine rings is 1. The van der Waals surface area contributed by atoms with Crippen LogP contribution in [0.1, 0.15) is 27.7 Å². The molecule has 3 atom stereocenters. The summed E-state index contributed by atoms with van der Waals surface area (Å²) in [5, 5.41) is 6.86. The number of carbonyl (C=O) groups is 1. The van der Waals surface area contributed by atoms with Crippen molar-refractivity contribution in [2.75, 3.05) is 23.7 Å². The molecular formula is C16H26N7O2+. The fourth-order valence-electron chi connectivity index (χ4n) is 3.01. The topological polar surface area (TPSA) is 131 Å². The van der Waals surface area contributed by atoms with Gasteiger partial charge in [-0.2, -0.15) is 0 Å². The maximum atomic E-state index is 12.2. The normalized spacial score (nSPS) is 23.5. The molecule has 1 fully saturated rings. The van der Waals surface area contributed by atoms with Gasteiger partial charge in [0.25, 0.3) is 0 Å². The van der Waals surface area contributed by atoms with Crippen LogP contribution in [0, 0.1) is 11.4 Å². The van der Waals surface area contributed by atoms with E-state index in [0.717, 1.165) is 5.69 Å². The van der Waals surface area contributed by atoms with Gasteiger partial charge in [-0.05, 0) is 26.8 Å². The lowest BCUT2D eigenvalue weighted by Crippen LogP contribution is -2.58. The summed E-state index contributed by atoms with van der Waals surface area (Å²) in [6.45, 7) is 8.60. The van der Waals surface area contributed by atoms with Crippen molar-refractivity contribution in [3.05, 3.63) is 18.5 Å². The van der Waals surface area contributed by atoms with Gasteiger partial charge in [0.2, 0.25) is 4.91 Å². The zero-order valence-corrected chi connectivity index (χ0v) is 15.1. The standard InChI is InChI=1S/C16H25N7O2/c1-10-8-23(13-5-6-19-7-11(13)17)9-12(14(10)21-22-18)20-15(24)25-16(2,3)4/h5-7,10,12,14,18H,8-9,17H2,1-4H3/p+1/t10-,12+,14-/m0/s1. The van der Waals surface area contributed by atoms with Gasteiger partial charge in [0.1, 0.15) is 16.2 Å². The zero-order valence-electron chi connectivity index (χ0n) is 15.1. The predicted octanol–water partition coefficient (Wildman–Crippen LogP) is 1.93. The first-order valence-corrected chi connectivity index (χ1v) is 8.22. The average molecular weight is 348 g/mol. The van der Waals surface area contributed by atoms with E-state index in [4.69, 9.17) is 16.0 Å². The van der Waals surface area contributed by atoms with Gasteiger partial charge < -0.3 is 20.7 Å². The smallest absolute Gasteiger partial charge is 0.408 e. The number of ether oxygens (including phenoxy) is 1. The molecule has 0 bridgehead atoms. The minimum Gasteiger partial charge on any atom is -0.444 e. The molecule has 0 radical (unpaired) electrons. The highest BCUT2D eigenvalue weighted by Crippen LogP contribution is 2.28. The Morgan fingerprint density at radius 2 is 2.24 bits per heavy atom. The van der Waals surface area contributed by atoms with Crippen LogP contribution in [0.2, 0.25) is 0 Å². The lowest BCUT2D eigenvalue weighted by atomic mass is 9.90. The summed E-state index contributed by atoms with van der Waals surface area (Å²) < 4.78 is 5.34. The van der Waals surface area contributed by atoms with Crippen molar-refractivity contribution in [2.45, 2.75) is 45.4 Å². The monoisotopic (exact) mass is 348 g/mol. The molecule has 1 aromatic rings. The Morgan fingerprint density at radius 1 is 1.52 bits per heavy atom. The molecular weight excluding hydrogens is 322 g/mol. The summed E-state index contributed by atoms with van der Waals surface area (Å²) >= 11 is 0. The molecule has 0 saturated carbocycles. The van der Waals surface area contributed by atoms with Crippen LogP contribution >= 0.6 is 0 Å². The number of pyridine rings is 1. The van der Waals surface area contributed by atoms with Crippen molar-refractivity contribution in [2.24, 2.45) is 11.0 Å². The molecule has 1 saturated heterocycles. The Bertz CT molecular complexity index is 667. The number of rotatable bonds is 3. The summed E-state index contributed by atoms with van der Waals surface area (Å²) in [4.78, 5) is 21.5. The molecule has 25 heavy (non-hydrogen) atoms. The lowest BCUT2D eigenvalue weighted by molar-refractivity contribution is 0.0486. The maximum Gasteiger partial charge on any atom is 0.408 e. The number of hydrogen-bond donors (Lipinski definition) is 3. The summed E-state index contributed by atoms with van der Waals surface area (Å²) in [6.07, 6.45) is 2.77. The van der Waals surface area contributed by atoms with Crippen LogP contribution in [-0.2, 0) is 4.74 Å². The number of aromatic nitrogens is 1. The first-order valence-electron chi connectivity index (χ1n) is 8.22. The van der Waals surface area contributed by atoms with E-state index in [0.29, 0.717) is 18.8 Å². The third-order valence-corrected chi connectivity index (χ3v) is 3.98. The minimum absolute atomic E-state index is 0.0651. The van der Waals surface area contributed by atoms with Gasteiger partial charge >= 0.3 is 6.09 Å². The van der Waals surface area contributed by atoms with E-state index in [9.17, 15) is 4.79 Å². The van der Waals surface area contributed by atoms with Crippen LogP contribution in [0.25, 0.3) is 0 Å². The maximum absolute atomic E-state index is 12.2. The molecule has 9 nitrogen and oxygen atoms in total. The molecule has 1 aliphatic heterocycles. The van der Waals surface area contributed by atoms with Crippen LogP contribution in [0.3, 0.4) is 0 Å². The molecule has 0 aliphatic carbocycles. The van der Waals surface area contributed by atoms with Gasteiger partial charge in [0, 0.05) is 25.2 Å². The van der Waals surface area contributed by atoms with Gasteiger partial charge in [0.05, 0.1) is 23.6 Å². The summed E-state index contributed by atoms with van der Waals surface area (Å²) in [5.41, 5.74) is 13.9. The number of anilines is 2. The second-order valence-corrected chi connectivity index (χ2v) is 7.28. The number of hydrogen-bond acceptors (Lipinski definition) is 7. The molecule has 2 heterocycles. The Balaban J connectivity index is 2.21. The Labute approximate surface area is 147 Å². The van der Waals surface area contributed by atoms with E-state index >= 15 is 0 Å². The van der Waals surface area contributed by atoms with Gasteiger partial charge in [-0.25, -0.2) is 4.79 Å². The molecule has 136 valence electrons. The highest BCUT2D eigenvalue weighted by molar-refractivity contribution is 5.69. The van der Waals surface area contributed by atoms with Gasteiger partial charge in [-0.3, -0.25) is 4.98 Å². The van der Waals surface area contributed by atoms with Crippen molar-refractivity contribution in [1.29, 1.82) is 5.53 Å². The lowest BCUT2D eigenvalue weighted by Gasteiger charge is -2.40. The number of nitrogens with zero attached hydrogens (tertiary/aromatic N) is 4. The Hall–Kier alpha value is -2.67. The van der Waals surface area contributed by atoms with E-state index in [-0.39, 0.29) is 18.0 Å². The first kappa shape index (κ1) is 18.7. The van der Waals surface area contributed by atoms with Crippen LogP contribution in [0.5, 0.6) is 0 Å². The zero-order chi connectivity index (χ0) is 18.6. The fourth-order valence-corrected chi connectivity index (χ4v) is 3.01. The second-order valence-electron chi connectivity index (χ2n) is 7.28. The van der Waals surface area contributed by atoms with Crippen molar-refractivity contribution >= 4 is 17.5 Å². The van der Waals surface area contributed by atoms with Crippen molar-refractivity contribution < 1.29 is 9.53 Å². The summed E-state index contributed by atoms with van der Waals surface area (Å²) in [5.74, 6) is 0.0651. The molecule has 0 unspecified atom stereocenters. The number of nitrogens with one attached hydrogen (secondary N) is 2. The summed E-state index contributed by atoms with van der Waals surface area (Å²) in [7, 11) is 0. The van der Waals surface area contributed by atoms with Gasteiger partial charge in [0.15, 0.2) is 6.04 Å². The van der Waals surface area contributed by atoms with Gasteiger partial charge in [-0.1, -0.05) is 6.92 Å². The number of amides is 1. The minimum atomic E-state index is -0.591. The highest BCUT2D eigenvalue weighted by atomic mass is 16.6. The number of carbonyl (C=O) groups excluding carboxylic acids is 1. The van der Waals surface area contributed by atoms with Crippen LogP contribution in [0.15, 0.2) is 23.6 Å². The molecule has 0 aromatic carbocycles. The van der Waals surface area contributed by atoms with Crippen LogP contribution in [0.4, 0.5) is 16.2 Å². The molecule has 4 N–H and O–H groups in total. The number of nitrogen functional groups attached to an aromatic ring is 1. The molecule has 9 heteroatoms. The summed E-state index contributed by atoms with van der Waals surface area (Å²) in [6, 6.07) is 1.20. The van der Waals surface area contributed by atoms with Crippen molar-refractivity contribution in [3.63, 3.8) is 0 Å². The Kier molecular flexibility index (Phi) is 5.58. The number of nitrogens with two attached hydrogens (primary N) is 1. The van der Waals surface area contributed by atoms with E-state index < -0.39 is 11.7 Å². The highest BCUT2D eigenvalue weighted by Gasteiger charge is 2.40. The predicted molar refractivity (Wildman–Crippen MR) is 94.3 cm³/mol. The molecule has 1 amide bonds. The third-order valence-electron chi connectivity index (χ3n) is 3.98. The largest absolute Gasteiger partial charge is 0.444 e. The van der Waals surface area contributed by atoms with Crippen LogP contribution < -0.4 is 20.9 Å². The second kappa shape index (κ2) is 7.48. The molecule has 1 aliphatic rings. The molecule has 0 spiro atoms. The van der Waals surface area contributed by atoms with E-state index in [2.05, 4.69) is 25.2 Å². The Morgan fingerprint density at radius 3 is 2.84 bits per heavy atom.